The highest BCUT2D eigenvalue weighted by Crippen LogP contribution is 2.29. The first-order chi connectivity index (χ1) is 18.5. The number of piperazine rings is 1. The number of rotatable bonds is 5. The van der Waals surface area contributed by atoms with Gasteiger partial charge in [0.15, 0.2) is 0 Å². The fourth-order valence-electron chi connectivity index (χ4n) is 5.22. The van der Waals surface area contributed by atoms with E-state index in [9.17, 15) is 9.59 Å². The molecule has 3 aromatic rings. The van der Waals surface area contributed by atoms with Gasteiger partial charge in [0.05, 0.1) is 12.8 Å². The van der Waals surface area contributed by atoms with E-state index < -0.39 is 0 Å². The maximum absolute atomic E-state index is 13.0. The van der Waals surface area contributed by atoms with Crippen LogP contribution in [-0.4, -0.2) is 50.3 Å². The van der Waals surface area contributed by atoms with E-state index in [1.165, 1.54) is 24.0 Å². The second-order valence-electron chi connectivity index (χ2n) is 9.88. The molecule has 2 aliphatic rings. The van der Waals surface area contributed by atoms with Crippen LogP contribution >= 0.6 is 0 Å². The summed E-state index contributed by atoms with van der Waals surface area (Å²) in [5, 5.41) is 8.88. The number of hydrogen-bond donors (Lipinski definition) is 3. The predicted octanol–water partition coefficient (Wildman–Crippen LogP) is 5.88. The molecule has 5 rings (SSSR count). The van der Waals surface area contributed by atoms with E-state index in [-0.39, 0.29) is 12.1 Å². The topological polar surface area (TPSA) is 85.9 Å². The van der Waals surface area contributed by atoms with Crippen LogP contribution in [0.5, 0.6) is 5.75 Å². The van der Waals surface area contributed by atoms with E-state index in [0.29, 0.717) is 30.2 Å². The molecule has 1 heterocycles. The van der Waals surface area contributed by atoms with Gasteiger partial charge in [0.1, 0.15) is 5.75 Å². The number of aryl methyl sites for hydroxylation is 2. The van der Waals surface area contributed by atoms with Crippen molar-refractivity contribution in [3.8, 4) is 5.75 Å². The van der Waals surface area contributed by atoms with E-state index in [2.05, 4.69) is 26.9 Å². The Kier molecular flexibility index (Phi) is 7.67. The number of carbonyl (C=O) groups is 2. The van der Waals surface area contributed by atoms with E-state index in [4.69, 9.17) is 4.74 Å². The van der Waals surface area contributed by atoms with Crippen molar-refractivity contribution >= 4 is 34.8 Å². The molecular formula is C30H35N5O3. The average molecular weight is 514 g/mol. The van der Waals surface area contributed by atoms with Crippen LogP contribution in [0.15, 0.2) is 60.7 Å². The van der Waals surface area contributed by atoms with Gasteiger partial charge in [-0.25, -0.2) is 9.59 Å². The standard InChI is InChI=1S/C30H35N5O3/c1-21-10-15-28(38-2)27(20-21)32-29(36)31-23-11-13-24(14-12-23)34-16-18-35(19-17-34)30(37)33-26-9-5-7-22-6-3-4-8-25(22)26/h5,7,9-15,20H,3-4,6,8,16-19H2,1-2H3,(H,33,37)(H2,31,32,36). The molecule has 1 fully saturated rings. The first kappa shape index (κ1) is 25.4. The maximum atomic E-state index is 13.0. The Balaban J connectivity index is 1.13. The Morgan fingerprint density at radius 1 is 0.816 bits per heavy atom. The van der Waals surface area contributed by atoms with Crippen molar-refractivity contribution in [3.05, 3.63) is 77.4 Å². The first-order valence-corrected chi connectivity index (χ1v) is 13.2. The second kappa shape index (κ2) is 11.5. The molecular weight excluding hydrogens is 478 g/mol. The van der Waals surface area contributed by atoms with Crippen molar-refractivity contribution in [2.45, 2.75) is 32.6 Å². The van der Waals surface area contributed by atoms with E-state index in [1.54, 1.807) is 7.11 Å². The molecule has 0 aromatic heterocycles. The largest absolute Gasteiger partial charge is 0.495 e. The molecule has 1 aliphatic carbocycles. The average Bonchev–Trinajstić information content (AvgIpc) is 2.94. The van der Waals surface area contributed by atoms with Crippen LogP contribution in [0.4, 0.5) is 32.3 Å². The third-order valence-electron chi connectivity index (χ3n) is 7.30. The molecule has 8 nitrogen and oxygen atoms in total. The molecule has 0 saturated carbocycles. The summed E-state index contributed by atoms with van der Waals surface area (Å²) in [7, 11) is 1.58. The highest BCUT2D eigenvalue weighted by molar-refractivity contribution is 6.00. The molecule has 38 heavy (non-hydrogen) atoms. The third-order valence-corrected chi connectivity index (χ3v) is 7.30. The number of fused-ring (bicyclic) bond motifs is 1. The van der Waals surface area contributed by atoms with Gasteiger partial charge >= 0.3 is 12.1 Å². The summed E-state index contributed by atoms with van der Waals surface area (Å²) in [4.78, 5) is 29.6. The van der Waals surface area contributed by atoms with Gasteiger partial charge in [0.25, 0.3) is 0 Å². The summed E-state index contributed by atoms with van der Waals surface area (Å²) in [5.41, 5.74) is 7.03. The predicted molar refractivity (Wildman–Crippen MR) is 153 cm³/mol. The Bertz CT molecular complexity index is 1300. The highest BCUT2D eigenvalue weighted by atomic mass is 16.5. The van der Waals surface area contributed by atoms with Crippen molar-refractivity contribution in [2.75, 3.05) is 54.1 Å². The van der Waals surface area contributed by atoms with Crippen LogP contribution in [0.2, 0.25) is 0 Å². The molecule has 8 heteroatoms. The summed E-state index contributed by atoms with van der Waals surface area (Å²) in [5.74, 6) is 0.608. The summed E-state index contributed by atoms with van der Waals surface area (Å²) >= 11 is 0. The number of nitrogens with one attached hydrogen (secondary N) is 3. The SMILES string of the molecule is COc1ccc(C)cc1NC(=O)Nc1ccc(N2CCN(C(=O)Nc3cccc4c3CCCC4)CC2)cc1. The first-order valence-electron chi connectivity index (χ1n) is 13.2. The number of anilines is 4. The molecule has 0 atom stereocenters. The number of methoxy groups -OCH3 is 1. The van der Waals surface area contributed by atoms with Crippen molar-refractivity contribution in [1.29, 1.82) is 0 Å². The number of nitrogens with zero attached hydrogens (tertiary/aromatic N) is 2. The van der Waals surface area contributed by atoms with Crippen molar-refractivity contribution < 1.29 is 14.3 Å². The Hall–Kier alpha value is -4.20. The van der Waals surface area contributed by atoms with Gasteiger partial charge < -0.3 is 30.5 Å². The Morgan fingerprint density at radius 3 is 2.34 bits per heavy atom. The number of amides is 4. The lowest BCUT2D eigenvalue weighted by atomic mass is 9.90. The van der Waals surface area contributed by atoms with Gasteiger partial charge in [-0.3, -0.25) is 0 Å². The summed E-state index contributed by atoms with van der Waals surface area (Å²) < 4.78 is 5.33. The lowest BCUT2D eigenvalue weighted by Crippen LogP contribution is -2.50. The van der Waals surface area contributed by atoms with Gasteiger partial charge in [-0.05, 0) is 91.8 Å². The molecule has 1 aliphatic heterocycles. The third kappa shape index (κ3) is 5.85. The minimum atomic E-state index is -0.332. The fourth-order valence-corrected chi connectivity index (χ4v) is 5.22. The number of carbonyl (C=O) groups excluding carboxylic acids is 2. The number of urea groups is 2. The van der Waals surface area contributed by atoms with E-state index in [0.717, 1.165) is 42.9 Å². The zero-order valence-corrected chi connectivity index (χ0v) is 22.0. The Morgan fingerprint density at radius 2 is 1.58 bits per heavy atom. The molecule has 3 aromatic carbocycles. The fraction of sp³-hybridized carbons (Fsp3) is 0.333. The van der Waals surface area contributed by atoms with Crippen molar-refractivity contribution in [3.63, 3.8) is 0 Å². The maximum Gasteiger partial charge on any atom is 0.323 e. The van der Waals surface area contributed by atoms with Gasteiger partial charge in [0.2, 0.25) is 0 Å². The quantitative estimate of drug-likeness (QED) is 0.398. The van der Waals surface area contributed by atoms with Crippen LogP contribution in [0.25, 0.3) is 0 Å². The molecule has 0 spiro atoms. The van der Waals surface area contributed by atoms with Crippen molar-refractivity contribution in [2.24, 2.45) is 0 Å². The van der Waals surface area contributed by atoms with Gasteiger partial charge in [-0.1, -0.05) is 18.2 Å². The monoisotopic (exact) mass is 513 g/mol. The van der Waals surface area contributed by atoms with Crippen LogP contribution in [0.3, 0.4) is 0 Å². The van der Waals surface area contributed by atoms with Gasteiger partial charge in [-0.15, -0.1) is 0 Å². The highest BCUT2D eigenvalue weighted by Gasteiger charge is 2.23. The molecule has 4 amide bonds. The zero-order chi connectivity index (χ0) is 26.5. The second-order valence-corrected chi connectivity index (χ2v) is 9.88. The number of ether oxygens (including phenoxy) is 1. The Labute approximate surface area is 224 Å². The summed E-state index contributed by atoms with van der Waals surface area (Å²) in [6.45, 7) is 4.77. The number of benzene rings is 3. The summed E-state index contributed by atoms with van der Waals surface area (Å²) in [6.07, 6.45) is 4.53. The van der Waals surface area contributed by atoms with E-state index >= 15 is 0 Å². The molecule has 3 N–H and O–H groups in total. The molecule has 0 radical (unpaired) electrons. The van der Waals surface area contributed by atoms with E-state index in [1.807, 2.05) is 66.4 Å². The zero-order valence-electron chi connectivity index (χ0n) is 22.0. The van der Waals surface area contributed by atoms with Gasteiger partial charge in [0, 0.05) is 43.2 Å². The minimum absolute atomic E-state index is 0.0283. The van der Waals surface area contributed by atoms with Crippen LogP contribution < -0.4 is 25.6 Å². The van der Waals surface area contributed by atoms with Crippen LogP contribution in [-0.2, 0) is 12.8 Å². The molecule has 1 saturated heterocycles. The normalized spacial score (nSPS) is 14.9. The molecule has 0 bridgehead atoms. The lowest BCUT2D eigenvalue weighted by Gasteiger charge is -2.36. The number of hydrogen-bond acceptors (Lipinski definition) is 4. The van der Waals surface area contributed by atoms with Crippen LogP contribution in [0.1, 0.15) is 29.5 Å². The van der Waals surface area contributed by atoms with Gasteiger partial charge in [-0.2, -0.15) is 0 Å². The van der Waals surface area contributed by atoms with Crippen LogP contribution in [0, 0.1) is 6.92 Å². The smallest absolute Gasteiger partial charge is 0.323 e. The molecule has 0 unspecified atom stereocenters. The molecule has 198 valence electrons. The minimum Gasteiger partial charge on any atom is -0.495 e. The lowest BCUT2D eigenvalue weighted by molar-refractivity contribution is 0.208. The van der Waals surface area contributed by atoms with Crippen molar-refractivity contribution in [1.82, 2.24) is 4.90 Å². The summed E-state index contributed by atoms with van der Waals surface area (Å²) in [6, 6.07) is 19.3.